The van der Waals surface area contributed by atoms with E-state index >= 15 is 0 Å². The molecular formula is C14H14O2. The van der Waals surface area contributed by atoms with E-state index in [4.69, 9.17) is 5.11 Å². The molecule has 0 aliphatic heterocycles. The summed E-state index contributed by atoms with van der Waals surface area (Å²) in [5, 5.41) is 8.61. The van der Waals surface area contributed by atoms with Gasteiger partial charge in [0, 0.05) is 17.6 Å². The lowest BCUT2D eigenvalue weighted by Gasteiger charge is -1.90. The van der Waals surface area contributed by atoms with Crippen molar-refractivity contribution in [3.8, 4) is 11.8 Å². The zero-order valence-electron chi connectivity index (χ0n) is 9.23. The minimum atomic E-state index is -0.865. The Morgan fingerprint density at radius 3 is 2.69 bits per heavy atom. The lowest BCUT2D eigenvalue weighted by atomic mass is 10.2. The summed E-state index contributed by atoms with van der Waals surface area (Å²) in [4.78, 5) is 10.5. The van der Waals surface area contributed by atoms with Crippen molar-refractivity contribution in [1.29, 1.82) is 0 Å². The van der Waals surface area contributed by atoms with E-state index in [1.807, 2.05) is 30.3 Å². The van der Waals surface area contributed by atoms with Crippen LogP contribution in [-0.2, 0) is 4.79 Å². The van der Waals surface area contributed by atoms with E-state index in [1.54, 1.807) is 13.0 Å². The molecule has 0 aromatic heterocycles. The van der Waals surface area contributed by atoms with Gasteiger partial charge in [-0.3, -0.25) is 0 Å². The van der Waals surface area contributed by atoms with E-state index in [-0.39, 0.29) is 0 Å². The van der Waals surface area contributed by atoms with Gasteiger partial charge in [0.05, 0.1) is 0 Å². The van der Waals surface area contributed by atoms with Gasteiger partial charge in [0.25, 0.3) is 0 Å². The Kier molecular flexibility index (Phi) is 4.88. The van der Waals surface area contributed by atoms with Gasteiger partial charge in [-0.05, 0) is 25.5 Å². The monoisotopic (exact) mass is 214 g/mol. The lowest BCUT2D eigenvalue weighted by molar-refractivity contribution is -0.132. The van der Waals surface area contributed by atoms with Gasteiger partial charge in [-0.2, -0.15) is 0 Å². The first-order chi connectivity index (χ1) is 7.70. The summed E-state index contributed by atoms with van der Waals surface area (Å²) in [5.74, 6) is 5.16. The van der Waals surface area contributed by atoms with Crippen LogP contribution in [0.3, 0.4) is 0 Å². The Balaban J connectivity index is 2.40. The highest BCUT2D eigenvalue weighted by Gasteiger charge is 1.96. The van der Waals surface area contributed by atoms with Crippen LogP contribution in [0, 0.1) is 11.8 Å². The maximum Gasteiger partial charge on any atom is 0.330 e. The van der Waals surface area contributed by atoms with E-state index in [0.717, 1.165) is 5.56 Å². The second kappa shape index (κ2) is 6.47. The van der Waals surface area contributed by atoms with Gasteiger partial charge >= 0.3 is 5.97 Å². The molecule has 0 aliphatic rings. The molecule has 0 saturated carbocycles. The van der Waals surface area contributed by atoms with Crippen molar-refractivity contribution in [2.75, 3.05) is 0 Å². The van der Waals surface area contributed by atoms with Crippen LogP contribution >= 0.6 is 0 Å². The molecule has 1 N–H and O–H groups in total. The molecule has 16 heavy (non-hydrogen) atoms. The van der Waals surface area contributed by atoms with E-state index in [0.29, 0.717) is 18.4 Å². The number of carboxylic acids is 1. The molecule has 0 unspecified atom stereocenters. The van der Waals surface area contributed by atoms with Crippen LogP contribution in [0.1, 0.15) is 25.3 Å². The Hall–Kier alpha value is -2.01. The summed E-state index contributed by atoms with van der Waals surface area (Å²) in [6, 6.07) is 9.73. The third-order valence-corrected chi connectivity index (χ3v) is 2.06. The average molecular weight is 214 g/mol. The molecule has 0 atom stereocenters. The number of aliphatic carboxylic acids is 1. The SMILES string of the molecule is C/C(=C\CCC#Cc1ccccc1)C(=O)O. The van der Waals surface area contributed by atoms with Gasteiger partial charge in [0.2, 0.25) is 0 Å². The van der Waals surface area contributed by atoms with Crippen molar-refractivity contribution in [3.63, 3.8) is 0 Å². The van der Waals surface area contributed by atoms with E-state index in [2.05, 4.69) is 11.8 Å². The minimum Gasteiger partial charge on any atom is -0.478 e. The molecule has 82 valence electrons. The van der Waals surface area contributed by atoms with Gasteiger partial charge < -0.3 is 5.11 Å². The van der Waals surface area contributed by atoms with Crippen molar-refractivity contribution in [2.24, 2.45) is 0 Å². The Bertz CT molecular complexity index is 433. The highest BCUT2D eigenvalue weighted by molar-refractivity contribution is 5.85. The van der Waals surface area contributed by atoms with Gasteiger partial charge in [0.15, 0.2) is 0 Å². The zero-order valence-corrected chi connectivity index (χ0v) is 9.23. The summed E-state index contributed by atoms with van der Waals surface area (Å²) in [6.45, 7) is 1.59. The number of hydrogen-bond acceptors (Lipinski definition) is 1. The van der Waals surface area contributed by atoms with Crippen LogP contribution in [0.5, 0.6) is 0 Å². The smallest absolute Gasteiger partial charge is 0.330 e. The number of carboxylic acid groups (broad SMARTS) is 1. The predicted octanol–water partition coefficient (Wildman–Crippen LogP) is 2.85. The molecule has 0 amide bonds. The number of hydrogen-bond donors (Lipinski definition) is 1. The second-order valence-electron chi connectivity index (χ2n) is 3.40. The number of unbranched alkanes of at least 4 members (excludes halogenated alkanes) is 1. The van der Waals surface area contributed by atoms with Crippen molar-refractivity contribution in [2.45, 2.75) is 19.8 Å². The molecule has 2 nitrogen and oxygen atoms in total. The first kappa shape index (κ1) is 12.1. The maximum atomic E-state index is 10.5. The molecular weight excluding hydrogens is 200 g/mol. The Morgan fingerprint density at radius 1 is 1.38 bits per heavy atom. The van der Waals surface area contributed by atoms with E-state index in [9.17, 15) is 4.79 Å². The Morgan fingerprint density at radius 2 is 2.06 bits per heavy atom. The normalized spacial score (nSPS) is 10.4. The minimum absolute atomic E-state index is 0.376. The van der Waals surface area contributed by atoms with Crippen LogP contribution < -0.4 is 0 Å². The van der Waals surface area contributed by atoms with E-state index < -0.39 is 5.97 Å². The average Bonchev–Trinajstić information content (AvgIpc) is 2.29. The topological polar surface area (TPSA) is 37.3 Å². The number of rotatable bonds is 3. The summed E-state index contributed by atoms with van der Waals surface area (Å²) >= 11 is 0. The van der Waals surface area contributed by atoms with Crippen LogP contribution in [0.2, 0.25) is 0 Å². The molecule has 0 bridgehead atoms. The van der Waals surface area contributed by atoms with Gasteiger partial charge in [-0.15, -0.1) is 0 Å². The lowest BCUT2D eigenvalue weighted by Crippen LogP contribution is -1.95. The molecule has 1 rings (SSSR count). The molecule has 1 aromatic rings. The van der Waals surface area contributed by atoms with E-state index in [1.165, 1.54) is 0 Å². The first-order valence-electron chi connectivity index (χ1n) is 5.14. The van der Waals surface area contributed by atoms with Crippen molar-refractivity contribution in [1.82, 2.24) is 0 Å². The molecule has 0 radical (unpaired) electrons. The van der Waals surface area contributed by atoms with Crippen LogP contribution in [-0.4, -0.2) is 11.1 Å². The fraction of sp³-hybridized carbons (Fsp3) is 0.214. The third-order valence-electron chi connectivity index (χ3n) is 2.06. The number of benzene rings is 1. The molecule has 0 fully saturated rings. The summed E-state index contributed by atoms with van der Waals surface area (Å²) in [7, 11) is 0. The summed E-state index contributed by atoms with van der Waals surface area (Å²) in [5.41, 5.74) is 1.36. The van der Waals surface area contributed by atoms with Gasteiger partial charge in [-0.25, -0.2) is 4.79 Å². The summed E-state index contributed by atoms with van der Waals surface area (Å²) < 4.78 is 0. The number of allylic oxidation sites excluding steroid dienone is 1. The molecule has 1 aromatic carbocycles. The van der Waals surface area contributed by atoms with Crippen molar-refractivity contribution >= 4 is 5.97 Å². The predicted molar refractivity (Wildman–Crippen MR) is 63.9 cm³/mol. The second-order valence-corrected chi connectivity index (χ2v) is 3.40. The quantitative estimate of drug-likeness (QED) is 0.477. The number of carbonyl (C=O) groups is 1. The zero-order chi connectivity index (χ0) is 11.8. The molecule has 0 heterocycles. The van der Waals surface area contributed by atoms with Crippen molar-refractivity contribution in [3.05, 3.63) is 47.5 Å². The molecule has 0 spiro atoms. The Labute approximate surface area is 95.6 Å². The third kappa shape index (κ3) is 4.47. The summed E-state index contributed by atoms with van der Waals surface area (Å²) in [6.07, 6.45) is 3.06. The van der Waals surface area contributed by atoms with Crippen LogP contribution in [0.15, 0.2) is 42.0 Å². The molecule has 0 saturated heterocycles. The molecule has 0 aliphatic carbocycles. The van der Waals surface area contributed by atoms with Crippen LogP contribution in [0.25, 0.3) is 0 Å². The first-order valence-corrected chi connectivity index (χ1v) is 5.14. The maximum absolute atomic E-state index is 10.5. The fourth-order valence-corrected chi connectivity index (χ4v) is 1.13. The molecule has 2 heteroatoms. The largest absolute Gasteiger partial charge is 0.478 e. The van der Waals surface area contributed by atoms with Crippen molar-refractivity contribution < 1.29 is 9.90 Å². The highest BCUT2D eigenvalue weighted by atomic mass is 16.4. The standard InChI is InChI=1S/C14H14O2/c1-12(14(15)16)8-4-2-5-9-13-10-6-3-7-11-13/h3,6-8,10-11H,2,4H2,1H3,(H,15,16)/b12-8+. The van der Waals surface area contributed by atoms with Gasteiger partial charge in [0.1, 0.15) is 0 Å². The highest BCUT2D eigenvalue weighted by Crippen LogP contribution is 1.99. The van der Waals surface area contributed by atoms with Gasteiger partial charge in [-0.1, -0.05) is 36.1 Å². The fourth-order valence-electron chi connectivity index (χ4n) is 1.13. The van der Waals surface area contributed by atoms with Crippen LogP contribution in [0.4, 0.5) is 0 Å².